The zero-order valence-electron chi connectivity index (χ0n) is 14.5. The monoisotopic (exact) mass is 351 g/mol. The average molecular weight is 351 g/mol. The number of likely N-dealkylation sites (tertiary alicyclic amines) is 1. The van der Waals surface area contributed by atoms with Crippen molar-refractivity contribution in [1.82, 2.24) is 24.9 Å². The van der Waals surface area contributed by atoms with Crippen LogP contribution in [0.15, 0.2) is 24.5 Å². The molecule has 1 aliphatic carbocycles. The van der Waals surface area contributed by atoms with Gasteiger partial charge in [0.1, 0.15) is 11.9 Å². The van der Waals surface area contributed by atoms with Crippen LogP contribution in [-0.2, 0) is 11.3 Å². The van der Waals surface area contributed by atoms with Crippen LogP contribution in [0.3, 0.4) is 0 Å². The minimum absolute atomic E-state index is 0.0567. The van der Waals surface area contributed by atoms with E-state index in [0.717, 1.165) is 25.1 Å². The molecule has 8 heteroatoms. The molecule has 0 radical (unpaired) electrons. The summed E-state index contributed by atoms with van der Waals surface area (Å²) in [5.74, 6) is 1.24. The molecule has 8 nitrogen and oxygen atoms in total. The maximum Gasteiger partial charge on any atom is 0.242 e. The fraction of sp³-hybridized carbons (Fsp3) is 0.500. The van der Waals surface area contributed by atoms with Crippen molar-refractivity contribution in [3.63, 3.8) is 0 Å². The van der Waals surface area contributed by atoms with Crippen molar-refractivity contribution < 1.29 is 4.79 Å². The third-order valence-electron chi connectivity index (χ3n) is 4.96. The molecule has 3 heterocycles. The number of nitrogens with zero attached hydrogens (tertiary/aromatic N) is 6. The number of nitrogens with one attached hydrogen (secondary N) is 1. The summed E-state index contributed by atoms with van der Waals surface area (Å²) in [6, 6.07) is 5.58. The summed E-state index contributed by atoms with van der Waals surface area (Å²) in [5, 5.41) is 20.3. The van der Waals surface area contributed by atoms with Crippen molar-refractivity contribution in [2.75, 3.05) is 18.4 Å². The molecule has 1 amide bonds. The van der Waals surface area contributed by atoms with Crippen LogP contribution in [0.2, 0.25) is 0 Å². The van der Waals surface area contributed by atoms with Crippen LogP contribution in [0.5, 0.6) is 0 Å². The van der Waals surface area contributed by atoms with Crippen molar-refractivity contribution in [1.29, 1.82) is 5.26 Å². The van der Waals surface area contributed by atoms with Gasteiger partial charge in [0.05, 0.1) is 30.4 Å². The number of aromatic nitrogens is 4. The summed E-state index contributed by atoms with van der Waals surface area (Å²) in [5.41, 5.74) is 1.58. The zero-order chi connectivity index (χ0) is 17.9. The van der Waals surface area contributed by atoms with Crippen LogP contribution < -0.4 is 5.32 Å². The summed E-state index contributed by atoms with van der Waals surface area (Å²) in [6.45, 7) is 1.66. The number of anilines is 1. The van der Waals surface area contributed by atoms with Crippen LogP contribution in [-0.4, -0.2) is 49.9 Å². The van der Waals surface area contributed by atoms with Crippen molar-refractivity contribution in [3.8, 4) is 6.07 Å². The van der Waals surface area contributed by atoms with Gasteiger partial charge in [-0.05, 0) is 37.8 Å². The molecule has 134 valence electrons. The molecule has 1 saturated heterocycles. The third kappa shape index (κ3) is 3.67. The number of pyridine rings is 1. The second-order valence-corrected chi connectivity index (χ2v) is 6.92. The number of carbonyl (C=O) groups is 1. The first-order valence-electron chi connectivity index (χ1n) is 9.02. The van der Waals surface area contributed by atoms with Gasteiger partial charge in [0.2, 0.25) is 5.91 Å². The quantitative estimate of drug-likeness (QED) is 0.847. The number of amides is 1. The highest BCUT2D eigenvalue weighted by Gasteiger charge is 2.30. The Labute approximate surface area is 151 Å². The molecular formula is C18H21N7O. The molecule has 0 unspecified atom stereocenters. The molecule has 2 aliphatic rings. The largest absolute Gasteiger partial charge is 0.361 e. The summed E-state index contributed by atoms with van der Waals surface area (Å²) in [6.07, 6.45) is 7.93. The molecule has 0 bridgehead atoms. The lowest BCUT2D eigenvalue weighted by molar-refractivity contribution is -0.130. The Morgan fingerprint density at radius 2 is 2.23 bits per heavy atom. The Kier molecular flexibility index (Phi) is 4.52. The van der Waals surface area contributed by atoms with Gasteiger partial charge in [-0.2, -0.15) is 5.26 Å². The van der Waals surface area contributed by atoms with Crippen LogP contribution in [0.25, 0.3) is 0 Å². The SMILES string of the molecule is N#Cc1ccc(NCC(=O)N2CCC[C@H]2Cn2cc(C3CC3)nn2)nc1. The minimum Gasteiger partial charge on any atom is -0.361 e. The van der Waals surface area contributed by atoms with E-state index in [1.807, 2.05) is 21.8 Å². The van der Waals surface area contributed by atoms with Gasteiger partial charge in [-0.15, -0.1) is 5.10 Å². The lowest BCUT2D eigenvalue weighted by Gasteiger charge is -2.24. The summed E-state index contributed by atoms with van der Waals surface area (Å²) in [7, 11) is 0. The van der Waals surface area contributed by atoms with E-state index in [-0.39, 0.29) is 18.5 Å². The Morgan fingerprint density at radius 3 is 2.96 bits per heavy atom. The molecule has 0 spiro atoms. The second-order valence-electron chi connectivity index (χ2n) is 6.92. The van der Waals surface area contributed by atoms with Gasteiger partial charge in [0.25, 0.3) is 0 Å². The third-order valence-corrected chi connectivity index (χ3v) is 4.96. The Bertz CT molecular complexity index is 819. The first kappa shape index (κ1) is 16.5. The molecule has 1 atom stereocenters. The van der Waals surface area contributed by atoms with Crippen LogP contribution in [0.4, 0.5) is 5.82 Å². The summed E-state index contributed by atoms with van der Waals surface area (Å²) >= 11 is 0. The normalized spacial score (nSPS) is 19.3. The van der Waals surface area contributed by atoms with Crippen molar-refractivity contribution in [2.45, 2.75) is 44.2 Å². The van der Waals surface area contributed by atoms with Gasteiger partial charge in [-0.25, -0.2) is 4.98 Å². The lowest BCUT2D eigenvalue weighted by atomic mass is 10.2. The highest BCUT2D eigenvalue weighted by Crippen LogP contribution is 2.38. The number of hydrogen-bond acceptors (Lipinski definition) is 6. The van der Waals surface area contributed by atoms with E-state index in [9.17, 15) is 4.79 Å². The Balaban J connectivity index is 1.32. The Hall–Kier alpha value is -2.95. The number of nitriles is 1. The van der Waals surface area contributed by atoms with E-state index in [1.54, 1.807) is 12.1 Å². The zero-order valence-corrected chi connectivity index (χ0v) is 14.5. The van der Waals surface area contributed by atoms with Gasteiger partial charge in [-0.1, -0.05) is 5.21 Å². The summed E-state index contributed by atoms with van der Waals surface area (Å²) in [4.78, 5) is 18.7. The van der Waals surface area contributed by atoms with Gasteiger partial charge in [0.15, 0.2) is 0 Å². The van der Waals surface area contributed by atoms with E-state index >= 15 is 0 Å². The molecule has 2 fully saturated rings. The minimum atomic E-state index is 0.0567. The number of carbonyl (C=O) groups excluding carboxylic acids is 1. The molecule has 1 saturated carbocycles. The molecular weight excluding hydrogens is 330 g/mol. The van der Waals surface area contributed by atoms with Crippen LogP contribution in [0.1, 0.15) is 42.9 Å². The average Bonchev–Trinajstić information content (AvgIpc) is 3.24. The van der Waals surface area contributed by atoms with Crippen molar-refractivity contribution in [2.24, 2.45) is 0 Å². The first-order chi connectivity index (χ1) is 12.7. The van der Waals surface area contributed by atoms with Crippen LogP contribution >= 0.6 is 0 Å². The lowest BCUT2D eigenvalue weighted by Crippen LogP contribution is -2.41. The molecule has 1 aliphatic heterocycles. The number of rotatable bonds is 6. The highest BCUT2D eigenvalue weighted by atomic mass is 16.2. The first-order valence-corrected chi connectivity index (χ1v) is 9.02. The van der Waals surface area contributed by atoms with E-state index in [2.05, 4.69) is 20.6 Å². The van der Waals surface area contributed by atoms with E-state index in [1.165, 1.54) is 19.0 Å². The Morgan fingerprint density at radius 1 is 1.35 bits per heavy atom. The maximum absolute atomic E-state index is 12.6. The molecule has 4 rings (SSSR count). The topological polar surface area (TPSA) is 99.7 Å². The van der Waals surface area contributed by atoms with Gasteiger partial charge in [0, 0.05) is 24.9 Å². The maximum atomic E-state index is 12.6. The predicted octanol–water partition coefficient (Wildman–Crippen LogP) is 1.53. The van der Waals surface area contributed by atoms with Crippen molar-refractivity contribution >= 4 is 11.7 Å². The van der Waals surface area contributed by atoms with Gasteiger partial charge >= 0.3 is 0 Å². The molecule has 2 aromatic heterocycles. The molecule has 2 aromatic rings. The molecule has 1 N–H and O–H groups in total. The fourth-order valence-corrected chi connectivity index (χ4v) is 3.37. The summed E-state index contributed by atoms with van der Waals surface area (Å²) < 4.78 is 1.87. The standard InChI is InChI=1S/C18H21N7O/c19-8-13-3-6-17(20-9-13)21-10-18(26)25-7-1-2-15(25)11-24-12-16(22-23-24)14-4-5-14/h3,6,9,12,14-15H,1-2,4-5,7,10-11H2,(H,20,21)/t15-/m0/s1. The fourth-order valence-electron chi connectivity index (χ4n) is 3.37. The predicted molar refractivity (Wildman–Crippen MR) is 94.2 cm³/mol. The van der Waals surface area contributed by atoms with Crippen molar-refractivity contribution in [3.05, 3.63) is 35.8 Å². The smallest absolute Gasteiger partial charge is 0.242 e. The van der Waals surface area contributed by atoms with Crippen LogP contribution in [0, 0.1) is 11.3 Å². The van der Waals surface area contributed by atoms with Gasteiger partial charge < -0.3 is 10.2 Å². The number of hydrogen-bond donors (Lipinski definition) is 1. The van der Waals surface area contributed by atoms with E-state index < -0.39 is 0 Å². The van der Waals surface area contributed by atoms with Gasteiger partial charge in [-0.3, -0.25) is 9.48 Å². The van der Waals surface area contributed by atoms with E-state index in [4.69, 9.17) is 5.26 Å². The molecule has 26 heavy (non-hydrogen) atoms. The molecule has 0 aromatic carbocycles. The highest BCUT2D eigenvalue weighted by molar-refractivity contribution is 5.81. The van der Waals surface area contributed by atoms with E-state index in [0.29, 0.717) is 23.8 Å². The second kappa shape index (κ2) is 7.12.